The second kappa shape index (κ2) is 8.31. The van der Waals surface area contributed by atoms with Crippen LogP contribution in [0.1, 0.15) is 57.9 Å². The SMILES string of the molecule is CCCC(C)CC(NC)C(CC)c1ccccc1. The van der Waals surface area contributed by atoms with Gasteiger partial charge in [-0.2, -0.15) is 0 Å². The summed E-state index contributed by atoms with van der Waals surface area (Å²) >= 11 is 0. The van der Waals surface area contributed by atoms with Crippen molar-refractivity contribution < 1.29 is 0 Å². The lowest BCUT2D eigenvalue weighted by atomic mass is 9.83. The molecule has 0 aliphatic heterocycles. The lowest BCUT2D eigenvalue weighted by molar-refractivity contribution is 0.350. The maximum atomic E-state index is 3.54. The Hall–Kier alpha value is -0.820. The molecule has 1 N–H and O–H groups in total. The fourth-order valence-electron chi connectivity index (χ4n) is 2.98. The van der Waals surface area contributed by atoms with Gasteiger partial charge in [-0.3, -0.25) is 0 Å². The molecule has 0 spiro atoms. The molecule has 0 heterocycles. The van der Waals surface area contributed by atoms with E-state index in [1.807, 2.05) is 0 Å². The molecule has 1 aromatic rings. The molecule has 0 aromatic heterocycles. The van der Waals surface area contributed by atoms with Crippen molar-refractivity contribution in [2.45, 2.75) is 58.4 Å². The normalized spacial score (nSPS) is 16.2. The van der Waals surface area contributed by atoms with E-state index in [4.69, 9.17) is 0 Å². The zero-order valence-electron chi connectivity index (χ0n) is 12.4. The van der Waals surface area contributed by atoms with Crippen molar-refractivity contribution in [2.24, 2.45) is 5.92 Å². The molecule has 3 unspecified atom stereocenters. The Morgan fingerprint density at radius 3 is 2.28 bits per heavy atom. The van der Waals surface area contributed by atoms with Gasteiger partial charge in [0.25, 0.3) is 0 Å². The molecule has 0 saturated carbocycles. The largest absolute Gasteiger partial charge is 0.316 e. The predicted molar refractivity (Wildman–Crippen MR) is 81.0 cm³/mol. The summed E-state index contributed by atoms with van der Waals surface area (Å²) in [4.78, 5) is 0. The van der Waals surface area contributed by atoms with E-state index in [1.54, 1.807) is 0 Å². The first-order chi connectivity index (χ1) is 8.72. The second-order valence-corrected chi connectivity index (χ2v) is 5.45. The summed E-state index contributed by atoms with van der Waals surface area (Å²) in [6.07, 6.45) is 5.11. The van der Waals surface area contributed by atoms with Crippen molar-refractivity contribution in [1.29, 1.82) is 0 Å². The van der Waals surface area contributed by atoms with Crippen LogP contribution in [-0.2, 0) is 0 Å². The van der Waals surface area contributed by atoms with Crippen molar-refractivity contribution >= 4 is 0 Å². The summed E-state index contributed by atoms with van der Waals surface area (Å²) in [5.41, 5.74) is 1.48. The van der Waals surface area contributed by atoms with Gasteiger partial charge in [0.05, 0.1) is 0 Å². The lowest BCUT2D eigenvalue weighted by Gasteiger charge is -2.29. The van der Waals surface area contributed by atoms with Gasteiger partial charge in [-0.25, -0.2) is 0 Å². The Labute approximate surface area is 113 Å². The Kier molecular flexibility index (Phi) is 7.04. The van der Waals surface area contributed by atoms with E-state index in [1.165, 1.54) is 31.2 Å². The number of hydrogen-bond donors (Lipinski definition) is 1. The zero-order chi connectivity index (χ0) is 13.4. The molecule has 1 nitrogen and oxygen atoms in total. The minimum atomic E-state index is 0.596. The van der Waals surface area contributed by atoms with Crippen LogP contribution >= 0.6 is 0 Å². The summed E-state index contributed by atoms with van der Waals surface area (Å²) in [6, 6.07) is 11.5. The highest BCUT2D eigenvalue weighted by atomic mass is 14.9. The van der Waals surface area contributed by atoms with Crippen molar-refractivity contribution in [3.8, 4) is 0 Å². The van der Waals surface area contributed by atoms with Gasteiger partial charge in [-0.1, -0.05) is 63.9 Å². The zero-order valence-corrected chi connectivity index (χ0v) is 12.4. The molecular formula is C17H29N. The van der Waals surface area contributed by atoms with Gasteiger partial charge in [0.15, 0.2) is 0 Å². The second-order valence-electron chi connectivity index (χ2n) is 5.45. The van der Waals surface area contributed by atoms with Gasteiger partial charge in [-0.05, 0) is 37.3 Å². The highest BCUT2D eigenvalue weighted by Gasteiger charge is 2.21. The summed E-state index contributed by atoms with van der Waals surface area (Å²) in [6.45, 7) is 6.96. The summed E-state index contributed by atoms with van der Waals surface area (Å²) < 4.78 is 0. The van der Waals surface area contributed by atoms with E-state index >= 15 is 0 Å². The quantitative estimate of drug-likeness (QED) is 0.708. The molecule has 18 heavy (non-hydrogen) atoms. The molecular weight excluding hydrogens is 218 g/mol. The fraction of sp³-hybridized carbons (Fsp3) is 0.647. The van der Waals surface area contributed by atoms with E-state index in [-0.39, 0.29) is 0 Å². The van der Waals surface area contributed by atoms with Gasteiger partial charge < -0.3 is 5.32 Å². The molecule has 0 amide bonds. The highest BCUT2D eigenvalue weighted by Crippen LogP contribution is 2.28. The molecule has 0 saturated heterocycles. The third kappa shape index (κ3) is 4.45. The van der Waals surface area contributed by atoms with Crippen LogP contribution in [0.4, 0.5) is 0 Å². The monoisotopic (exact) mass is 247 g/mol. The molecule has 1 heteroatoms. The highest BCUT2D eigenvalue weighted by molar-refractivity contribution is 5.21. The van der Waals surface area contributed by atoms with Crippen LogP contribution in [0.25, 0.3) is 0 Å². The lowest BCUT2D eigenvalue weighted by Crippen LogP contribution is -2.33. The minimum Gasteiger partial charge on any atom is -0.316 e. The van der Waals surface area contributed by atoms with E-state index in [2.05, 4.69) is 63.5 Å². The summed E-state index contributed by atoms with van der Waals surface area (Å²) in [5, 5.41) is 3.54. The molecule has 1 aromatic carbocycles. The van der Waals surface area contributed by atoms with E-state index in [0.29, 0.717) is 12.0 Å². The number of rotatable bonds is 8. The van der Waals surface area contributed by atoms with Crippen LogP contribution in [0, 0.1) is 5.92 Å². The number of hydrogen-bond acceptors (Lipinski definition) is 1. The number of likely N-dealkylation sites (N-methyl/N-ethyl adjacent to an activating group) is 1. The van der Waals surface area contributed by atoms with E-state index in [0.717, 1.165) is 5.92 Å². The van der Waals surface area contributed by atoms with Crippen molar-refractivity contribution in [3.63, 3.8) is 0 Å². The smallest absolute Gasteiger partial charge is 0.0135 e. The first kappa shape index (κ1) is 15.2. The van der Waals surface area contributed by atoms with Gasteiger partial charge >= 0.3 is 0 Å². The Balaban J connectivity index is 2.72. The average molecular weight is 247 g/mol. The van der Waals surface area contributed by atoms with Gasteiger partial charge in [0.2, 0.25) is 0 Å². The first-order valence-corrected chi connectivity index (χ1v) is 7.45. The minimum absolute atomic E-state index is 0.596. The van der Waals surface area contributed by atoms with Gasteiger partial charge in [0.1, 0.15) is 0 Å². The third-order valence-corrected chi connectivity index (χ3v) is 3.96. The Morgan fingerprint density at radius 1 is 1.11 bits per heavy atom. The molecule has 0 aliphatic rings. The third-order valence-electron chi connectivity index (χ3n) is 3.96. The van der Waals surface area contributed by atoms with Crippen LogP contribution in [0.3, 0.4) is 0 Å². The standard InChI is InChI=1S/C17H29N/c1-5-10-14(3)13-17(18-4)16(6-2)15-11-8-7-9-12-15/h7-9,11-12,14,16-18H,5-6,10,13H2,1-4H3. The summed E-state index contributed by atoms with van der Waals surface area (Å²) in [7, 11) is 2.11. The molecule has 0 bridgehead atoms. The molecule has 3 atom stereocenters. The predicted octanol–water partition coefficient (Wildman–Crippen LogP) is 4.59. The topological polar surface area (TPSA) is 12.0 Å². The molecule has 1 rings (SSSR count). The summed E-state index contributed by atoms with van der Waals surface area (Å²) in [5.74, 6) is 1.45. The fourth-order valence-corrected chi connectivity index (χ4v) is 2.98. The van der Waals surface area contributed by atoms with Crippen molar-refractivity contribution in [1.82, 2.24) is 5.32 Å². The Morgan fingerprint density at radius 2 is 1.78 bits per heavy atom. The average Bonchev–Trinajstić information content (AvgIpc) is 2.40. The van der Waals surface area contributed by atoms with Gasteiger partial charge in [-0.15, -0.1) is 0 Å². The molecule has 102 valence electrons. The maximum absolute atomic E-state index is 3.54. The van der Waals surface area contributed by atoms with Crippen LogP contribution < -0.4 is 5.32 Å². The Bertz CT molecular complexity index is 307. The molecule has 0 radical (unpaired) electrons. The number of nitrogens with one attached hydrogen (secondary N) is 1. The number of benzene rings is 1. The van der Waals surface area contributed by atoms with E-state index < -0.39 is 0 Å². The van der Waals surface area contributed by atoms with Gasteiger partial charge in [0, 0.05) is 6.04 Å². The van der Waals surface area contributed by atoms with Crippen LogP contribution in [-0.4, -0.2) is 13.1 Å². The van der Waals surface area contributed by atoms with Crippen LogP contribution in [0.5, 0.6) is 0 Å². The maximum Gasteiger partial charge on any atom is 0.0135 e. The first-order valence-electron chi connectivity index (χ1n) is 7.45. The van der Waals surface area contributed by atoms with E-state index in [9.17, 15) is 0 Å². The molecule has 0 aliphatic carbocycles. The van der Waals surface area contributed by atoms with Crippen molar-refractivity contribution in [2.75, 3.05) is 7.05 Å². The van der Waals surface area contributed by atoms with Crippen LogP contribution in [0.2, 0.25) is 0 Å². The molecule has 0 fully saturated rings. The van der Waals surface area contributed by atoms with Crippen LogP contribution in [0.15, 0.2) is 30.3 Å². The van der Waals surface area contributed by atoms with Crippen molar-refractivity contribution in [3.05, 3.63) is 35.9 Å².